The van der Waals surface area contributed by atoms with Gasteiger partial charge in [0.1, 0.15) is 5.82 Å². The first-order valence-corrected chi connectivity index (χ1v) is 10.2. The van der Waals surface area contributed by atoms with Crippen molar-refractivity contribution in [2.75, 3.05) is 12.5 Å². The molecule has 0 unspecified atom stereocenters. The van der Waals surface area contributed by atoms with Gasteiger partial charge in [0.05, 0.1) is 0 Å². The molecule has 3 heteroatoms. The molecule has 0 atom stereocenters. The molecule has 0 amide bonds. The molecule has 3 aromatic rings. The zero-order valence-electron chi connectivity index (χ0n) is 13.7. The monoisotopic (exact) mass is 354 g/mol. The first kappa shape index (κ1) is 17.1. The molecule has 0 aliphatic carbocycles. The highest BCUT2D eigenvalue weighted by Gasteiger charge is 2.17. The average Bonchev–Trinajstić information content (AvgIpc) is 2.64. The highest BCUT2D eigenvalue weighted by Crippen LogP contribution is 2.33. The fourth-order valence-corrected chi connectivity index (χ4v) is 3.64. The summed E-state index contributed by atoms with van der Waals surface area (Å²) in [5.41, 5.74) is 3.54. The molecular formula is C21H19FS2. The van der Waals surface area contributed by atoms with Crippen molar-refractivity contribution in [3.63, 3.8) is 0 Å². The highest BCUT2D eigenvalue weighted by atomic mass is 32.2. The van der Waals surface area contributed by atoms with E-state index in [9.17, 15) is 4.39 Å². The molecule has 122 valence electrons. The van der Waals surface area contributed by atoms with Gasteiger partial charge in [-0.3, -0.25) is 0 Å². The molecule has 0 aromatic heterocycles. The van der Waals surface area contributed by atoms with Crippen LogP contribution in [0.15, 0.2) is 82.6 Å². The molecule has 0 N–H and O–H groups in total. The molecule has 0 aliphatic heterocycles. The Labute approximate surface area is 151 Å². The van der Waals surface area contributed by atoms with Crippen molar-refractivity contribution in [2.24, 2.45) is 0 Å². The van der Waals surface area contributed by atoms with Crippen LogP contribution < -0.4 is 0 Å². The van der Waals surface area contributed by atoms with E-state index in [0.717, 1.165) is 5.56 Å². The smallest absolute Gasteiger partial charge is 0.123 e. The average molecular weight is 355 g/mol. The van der Waals surface area contributed by atoms with E-state index in [1.165, 1.54) is 33.1 Å². The van der Waals surface area contributed by atoms with Gasteiger partial charge in [-0.05, 0) is 65.6 Å². The Morgan fingerprint density at radius 3 is 1.25 bits per heavy atom. The summed E-state index contributed by atoms with van der Waals surface area (Å²) in [5.74, 6) is -0.0922. The summed E-state index contributed by atoms with van der Waals surface area (Å²) in [6, 6.07) is 24.1. The van der Waals surface area contributed by atoms with Crippen molar-refractivity contribution in [3.05, 3.63) is 95.3 Å². The number of hydrogen-bond acceptors (Lipinski definition) is 2. The van der Waals surface area contributed by atoms with Crippen LogP contribution in [-0.4, -0.2) is 12.5 Å². The lowest BCUT2D eigenvalue weighted by molar-refractivity contribution is 0.627. The Morgan fingerprint density at radius 1 is 0.583 bits per heavy atom. The fourth-order valence-electron chi connectivity index (χ4n) is 2.83. The van der Waals surface area contributed by atoms with E-state index in [2.05, 4.69) is 61.0 Å². The van der Waals surface area contributed by atoms with E-state index in [1.54, 1.807) is 23.5 Å². The fraction of sp³-hybridized carbons (Fsp3) is 0.143. The normalized spacial score (nSPS) is 11.0. The van der Waals surface area contributed by atoms with Crippen LogP contribution in [0.3, 0.4) is 0 Å². The van der Waals surface area contributed by atoms with Crippen LogP contribution >= 0.6 is 23.5 Å². The van der Waals surface area contributed by atoms with Crippen LogP contribution in [0.2, 0.25) is 0 Å². The third-order valence-corrected chi connectivity index (χ3v) is 5.59. The molecule has 0 heterocycles. The number of benzene rings is 3. The lowest BCUT2D eigenvalue weighted by Crippen LogP contribution is -2.03. The van der Waals surface area contributed by atoms with Gasteiger partial charge in [-0.15, -0.1) is 23.5 Å². The molecule has 0 saturated carbocycles. The van der Waals surface area contributed by atoms with Gasteiger partial charge >= 0.3 is 0 Å². The Kier molecular flexibility index (Phi) is 5.64. The Morgan fingerprint density at radius 2 is 0.917 bits per heavy atom. The van der Waals surface area contributed by atoms with Crippen LogP contribution in [0.25, 0.3) is 0 Å². The summed E-state index contributed by atoms with van der Waals surface area (Å²) in [7, 11) is 0. The second-order valence-corrected chi connectivity index (χ2v) is 7.29. The summed E-state index contributed by atoms with van der Waals surface area (Å²) < 4.78 is 13.3. The van der Waals surface area contributed by atoms with E-state index < -0.39 is 0 Å². The van der Waals surface area contributed by atoms with Crippen LogP contribution in [-0.2, 0) is 0 Å². The van der Waals surface area contributed by atoms with Crippen molar-refractivity contribution in [2.45, 2.75) is 15.7 Å². The van der Waals surface area contributed by atoms with E-state index in [-0.39, 0.29) is 11.7 Å². The maximum atomic E-state index is 13.3. The molecule has 0 radical (unpaired) electrons. The van der Waals surface area contributed by atoms with Gasteiger partial charge in [0.2, 0.25) is 0 Å². The van der Waals surface area contributed by atoms with Crippen LogP contribution in [0.4, 0.5) is 4.39 Å². The molecule has 3 aromatic carbocycles. The zero-order chi connectivity index (χ0) is 16.9. The van der Waals surface area contributed by atoms with E-state index in [0.29, 0.717) is 0 Å². The van der Waals surface area contributed by atoms with Crippen LogP contribution in [0.1, 0.15) is 22.6 Å². The summed E-state index contributed by atoms with van der Waals surface area (Å²) >= 11 is 3.47. The van der Waals surface area contributed by atoms with Gasteiger partial charge in [-0.25, -0.2) is 4.39 Å². The van der Waals surface area contributed by atoms with Gasteiger partial charge in [0, 0.05) is 15.7 Å². The maximum Gasteiger partial charge on any atom is 0.123 e. The quantitative estimate of drug-likeness (QED) is 0.381. The maximum absolute atomic E-state index is 13.3. The molecule has 0 saturated heterocycles. The van der Waals surface area contributed by atoms with Gasteiger partial charge < -0.3 is 0 Å². The van der Waals surface area contributed by atoms with E-state index >= 15 is 0 Å². The Bertz CT molecular complexity index is 730. The molecule has 0 bridgehead atoms. The lowest BCUT2D eigenvalue weighted by Gasteiger charge is -2.19. The van der Waals surface area contributed by atoms with Crippen molar-refractivity contribution in [3.8, 4) is 0 Å². The van der Waals surface area contributed by atoms with E-state index in [1.807, 2.05) is 12.1 Å². The second-order valence-electron chi connectivity index (χ2n) is 5.53. The first-order chi connectivity index (χ1) is 11.7. The Balaban J connectivity index is 2.06. The number of hydrogen-bond donors (Lipinski definition) is 0. The minimum Gasteiger partial charge on any atom is -0.207 e. The minimum atomic E-state index is -0.201. The molecule has 3 rings (SSSR count). The minimum absolute atomic E-state index is 0.109. The summed E-state index contributed by atoms with van der Waals surface area (Å²) in [4.78, 5) is 2.49. The van der Waals surface area contributed by atoms with E-state index in [4.69, 9.17) is 0 Å². The van der Waals surface area contributed by atoms with Gasteiger partial charge in [-0.2, -0.15) is 0 Å². The lowest BCUT2D eigenvalue weighted by atomic mass is 9.85. The van der Waals surface area contributed by atoms with Crippen molar-refractivity contribution < 1.29 is 4.39 Å². The zero-order valence-corrected chi connectivity index (χ0v) is 15.3. The molecule has 0 aliphatic rings. The SMILES string of the molecule is CSc1ccc(C(c2ccc(F)cc2)c2ccc(SC)cc2)cc1. The van der Waals surface area contributed by atoms with Crippen molar-refractivity contribution in [1.29, 1.82) is 0 Å². The third-order valence-electron chi connectivity index (χ3n) is 4.10. The molecular weight excluding hydrogens is 335 g/mol. The van der Waals surface area contributed by atoms with Crippen molar-refractivity contribution in [1.82, 2.24) is 0 Å². The van der Waals surface area contributed by atoms with Gasteiger partial charge in [0.25, 0.3) is 0 Å². The molecule has 0 spiro atoms. The summed E-state index contributed by atoms with van der Waals surface area (Å²) in [6.07, 6.45) is 4.15. The molecule has 0 fully saturated rings. The van der Waals surface area contributed by atoms with Crippen LogP contribution in [0, 0.1) is 5.82 Å². The number of rotatable bonds is 5. The van der Waals surface area contributed by atoms with Crippen LogP contribution in [0.5, 0.6) is 0 Å². The highest BCUT2D eigenvalue weighted by molar-refractivity contribution is 7.98. The predicted molar refractivity (Wildman–Crippen MR) is 104 cm³/mol. The molecule has 0 nitrogen and oxygen atoms in total. The molecule has 24 heavy (non-hydrogen) atoms. The van der Waals surface area contributed by atoms with Gasteiger partial charge in [0.15, 0.2) is 0 Å². The Hall–Kier alpha value is -1.71. The third kappa shape index (κ3) is 3.85. The predicted octanol–water partition coefficient (Wildman–Crippen LogP) is 6.45. The standard InChI is InChI=1S/C21H19FS2/c1-23-19-11-5-16(6-12-19)21(15-3-9-18(22)10-4-15)17-7-13-20(24-2)14-8-17/h3-14,21H,1-2H3. The number of thioether (sulfide) groups is 2. The van der Waals surface area contributed by atoms with Gasteiger partial charge in [-0.1, -0.05) is 36.4 Å². The topological polar surface area (TPSA) is 0 Å². The first-order valence-electron chi connectivity index (χ1n) is 7.74. The number of halogens is 1. The summed E-state index contributed by atoms with van der Waals surface area (Å²) in [6.45, 7) is 0. The largest absolute Gasteiger partial charge is 0.207 e. The second kappa shape index (κ2) is 7.91. The van der Waals surface area contributed by atoms with Crippen molar-refractivity contribution >= 4 is 23.5 Å². The summed E-state index contributed by atoms with van der Waals surface area (Å²) in [5, 5.41) is 0.